The van der Waals surface area contributed by atoms with Gasteiger partial charge >= 0.3 is 0 Å². The molecule has 1 aromatic rings. The van der Waals surface area contributed by atoms with Gasteiger partial charge in [0.2, 0.25) is 0 Å². The summed E-state index contributed by atoms with van der Waals surface area (Å²) in [5.74, 6) is 0. The van der Waals surface area contributed by atoms with Crippen molar-refractivity contribution in [3.63, 3.8) is 0 Å². The summed E-state index contributed by atoms with van der Waals surface area (Å²) >= 11 is 0. The third-order valence-electron chi connectivity index (χ3n) is 3.20. The molecule has 0 aliphatic carbocycles. The lowest BCUT2D eigenvalue weighted by Gasteiger charge is -2.10. The first kappa shape index (κ1) is 8.45. The third kappa shape index (κ3) is 1.35. The van der Waals surface area contributed by atoms with Crippen molar-refractivity contribution in [2.45, 2.75) is 25.2 Å². The lowest BCUT2D eigenvalue weighted by Crippen LogP contribution is -2.22. The fourth-order valence-electron chi connectivity index (χ4n) is 2.46. The quantitative estimate of drug-likeness (QED) is 0.671. The Kier molecular flexibility index (Phi) is 2.03. The lowest BCUT2D eigenvalue weighted by molar-refractivity contribution is 0.0177. The van der Waals surface area contributed by atoms with Crippen molar-refractivity contribution in [1.29, 1.82) is 0 Å². The van der Waals surface area contributed by atoms with Gasteiger partial charge in [0, 0.05) is 13.1 Å². The molecule has 14 heavy (non-hydrogen) atoms. The van der Waals surface area contributed by atoms with E-state index in [4.69, 9.17) is 4.74 Å². The maximum atomic E-state index is 6.00. The number of hydrogen-bond donors (Lipinski definition) is 0. The first-order valence-corrected chi connectivity index (χ1v) is 5.38. The molecule has 2 aliphatic rings. The second kappa shape index (κ2) is 3.37. The van der Waals surface area contributed by atoms with Gasteiger partial charge in [0.15, 0.2) is 0 Å². The Bertz CT molecular complexity index is 299. The summed E-state index contributed by atoms with van der Waals surface area (Å²) in [6.45, 7) is 2.29. The molecule has 2 atom stereocenters. The van der Waals surface area contributed by atoms with Gasteiger partial charge in [0.1, 0.15) is 6.23 Å². The van der Waals surface area contributed by atoms with Crippen LogP contribution in [0, 0.1) is 0 Å². The predicted molar refractivity (Wildman–Crippen MR) is 54.9 cm³/mol. The van der Waals surface area contributed by atoms with Crippen LogP contribution in [-0.4, -0.2) is 24.2 Å². The average molecular weight is 189 g/mol. The molecule has 0 radical (unpaired) electrons. The molecule has 0 spiro atoms. The zero-order valence-electron chi connectivity index (χ0n) is 8.23. The van der Waals surface area contributed by atoms with E-state index in [1.165, 1.54) is 24.9 Å². The Morgan fingerprint density at radius 1 is 1.21 bits per heavy atom. The molecular weight excluding hydrogens is 174 g/mol. The smallest absolute Gasteiger partial charge is 0.111 e. The minimum absolute atomic E-state index is 0.307. The maximum absolute atomic E-state index is 6.00. The first-order chi connectivity index (χ1) is 6.93. The Balaban J connectivity index is 1.77. The highest BCUT2D eigenvalue weighted by Crippen LogP contribution is 2.34. The molecule has 74 valence electrons. The minimum Gasteiger partial charge on any atom is -0.354 e. The molecule has 0 aromatic heterocycles. The molecule has 2 unspecified atom stereocenters. The number of nitrogens with zero attached hydrogens (tertiary/aromatic N) is 1. The maximum Gasteiger partial charge on any atom is 0.111 e. The summed E-state index contributed by atoms with van der Waals surface area (Å²) in [6, 6.07) is 10.5. The molecule has 0 saturated carbocycles. The van der Waals surface area contributed by atoms with Gasteiger partial charge in [-0.2, -0.15) is 0 Å². The number of ether oxygens (including phenoxy) is 1. The highest BCUT2D eigenvalue weighted by molar-refractivity contribution is 5.19. The van der Waals surface area contributed by atoms with Crippen LogP contribution in [0.1, 0.15) is 24.5 Å². The van der Waals surface area contributed by atoms with E-state index in [1.807, 2.05) is 0 Å². The van der Waals surface area contributed by atoms with Gasteiger partial charge in [-0.1, -0.05) is 30.3 Å². The number of rotatable bonds is 1. The van der Waals surface area contributed by atoms with E-state index in [0.29, 0.717) is 12.3 Å². The normalized spacial score (nSPS) is 32.0. The fraction of sp³-hybridized carbons (Fsp3) is 0.500. The van der Waals surface area contributed by atoms with E-state index in [0.717, 1.165) is 6.54 Å². The lowest BCUT2D eigenvalue weighted by atomic mass is 10.1. The summed E-state index contributed by atoms with van der Waals surface area (Å²) in [4.78, 5) is 2.46. The summed E-state index contributed by atoms with van der Waals surface area (Å²) in [5, 5.41) is 0. The van der Waals surface area contributed by atoms with E-state index in [1.54, 1.807) is 0 Å². The van der Waals surface area contributed by atoms with Gasteiger partial charge in [-0.05, 0) is 18.4 Å². The average Bonchev–Trinajstić information content (AvgIpc) is 2.78. The van der Waals surface area contributed by atoms with Crippen LogP contribution < -0.4 is 0 Å². The van der Waals surface area contributed by atoms with Crippen molar-refractivity contribution in [2.24, 2.45) is 0 Å². The van der Waals surface area contributed by atoms with Gasteiger partial charge in [-0.3, -0.25) is 4.90 Å². The largest absolute Gasteiger partial charge is 0.354 e. The van der Waals surface area contributed by atoms with E-state index in [2.05, 4.69) is 35.2 Å². The first-order valence-electron chi connectivity index (χ1n) is 5.38. The van der Waals surface area contributed by atoms with Crippen LogP contribution in [0.25, 0.3) is 0 Å². The Morgan fingerprint density at radius 2 is 2.07 bits per heavy atom. The second-order valence-corrected chi connectivity index (χ2v) is 4.13. The van der Waals surface area contributed by atoms with E-state index >= 15 is 0 Å². The van der Waals surface area contributed by atoms with Crippen LogP contribution in [0.2, 0.25) is 0 Å². The highest BCUT2D eigenvalue weighted by Gasteiger charge is 2.36. The van der Waals surface area contributed by atoms with Crippen LogP contribution in [-0.2, 0) is 4.74 Å². The number of fused-ring (bicyclic) bond motifs is 1. The summed E-state index contributed by atoms with van der Waals surface area (Å²) < 4.78 is 6.00. The summed E-state index contributed by atoms with van der Waals surface area (Å²) in [7, 11) is 0. The molecule has 1 aromatic carbocycles. The van der Waals surface area contributed by atoms with Gasteiger partial charge in [0.25, 0.3) is 0 Å². The molecule has 2 heterocycles. The SMILES string of the molecule is c1ccc(C2CN3CCCC3O2)cc1. The standard InChI is InChI=1S/C12H15NO/c1-2-5-10(6-3-1)11-9-13-8-4-7-12(13)14-11/h1-3,5-6,11-12H,4,7-9H2. The summed E-state index contributed by atoms with van der Waals surface area (Å²) in [5.41, 5.74) is 1.32. The molecule has 3 rings (SSSR count). The van der Waals surface area contributed by atoms with Crippen LogP contribution in [0.5, 0.6) is 0 Å². The Morgan fingerprint density at radius 3 is 2.86 bits per heavy atom. The van der Waals surface area contributed by atoms with E-state index < -0.39 is 0 Å². The molecule has 2 nitrogen and oxygen atoms in total. The number of hydrogen-bond acceptors (Lipinski definition) is 2. The van der Waals surface area contributed by atoms with E-state index in [9.17, 15) is 0 Å². The third-order valence-corrected chi connectivity index (χ3v) is 3.20. The minimum atomic E-state index is 0.307. The monoisotopic (exact) mass is 189 g/mol. The molecule has 0 N–H and O–H groups in total. The predicted octanol–water partition coefficient (Wildman–Crippen LogP) is 2.18. The molecule has 2 heteroatoms. The molecule has 2 saturated heterocycles. The van der Waals surface area contributed by atoms with Gasteiger partial charge < -0.3 is 4.74 Å². The zero-order chi connectivity index (χ0) is 9.38. The Hall–Kier alpha value is -0.860. The van der Waals surface area contributed by atoms with Gasteiger partial charge in [-0.25, -0.2) is 0 Å². The topological polar surface area (TPSA) is 12.5 Å². The summed E-state index contributed by atoms with van der Waals surface area (Å²) in [6.07, 6.45) is 3.22. The van der Waals surface area contributed by atoms with E-state index in [-0.39, 0.29) is 0 Å². The van der Waals surface area contributed by atoms with Crippen molar-refractivity contribution in [3.05, 3.63) is 35.9 Å². The second-order valence-electron chi connectivity index (χ2n) is 4.13. The number of benzene rings is 1. The zero-order valence-corrected chi connectivity index (χ0v) is 8.23. The molecule has 0 amide bonds. The van der Waals surface area contributed by atoms with Crippen LogP contribution in [0.15, 0.2) is 30.3 Å². The van der Waals surface area contributed by atoms with Crippen molar-refractivity contribution in [2.75, 3.05) is 13.1 Å². The van der Waals surface area contributed by atoms with Crippen LogP contribution in [0.4, 0.5) is 0 Å². The van der Waals surface area contributed by atoms with Crippen molar-refractivity contribution in [3.8, 4) is 0 Å². The highest BCUT2D eigenvalue weighted by atomic mass is 16.5. The van der Waals surface area contributed by atoms with Gasteiger partial charge in [-0.15, -0.1) is 0 Å². The van der Waals surface area contributed by atoms with Crippen LogP contribution in [0.3, 0.4) is 0 Å². The Labute approximate surface area is 84.5 Å². The molecule has 2 aliphatic heterocycles. The van der Waals surface area contributed by atoms with Crippen molar-refractivity contribution < 1.29 is 4.74 Å². The fourth-order valence-corrected chi connectivity index (χ4v) is 2.46. The van der Waals surface area contributed by atoms with Crippen LogP contribution >= 0.6 is 0 Å². The van der Waals surface area contributed by atoms with Gasteiger partial charge in [0.05, 0.1) is 6.10 Å². The molecule has 2 fully saturated rings. The molecular formula is C12H15NO. The van der Waals surface area contributed by atoms with Crippen molar-refractivity contribution >= 4 is 0 Å². The van der Waals surface area contributed by atoms with Crippen molar-refractivity contribution in [1.82, 2.24) is 4.90 Å². The molecule has 0 bridgehead atoms.